The van der Waals surface area contributed by atoms with Crippen molar-refractivity contribution in [2.45, 2.75) is 26.4 Å². The topological polar surface area (TPSA) is 68.9 Å². The summed E-state index contributed by atoms with van der Waals surface area (Å²) in [5.74, 6) is 0.0789. The molecule has 18 heavy (non-hydrogen) atoms. The highest BCUT2D eigenvalue weighted by Gasteiger charge is 2.16. The van der Waals surface area contributed by atoms with Gasteiger partial charge in [-0.3, -0.25) is 0 Å². The van der Waals surface area contributed by atoms with Crippen LogP contribution in [0.4, 0.5) is 0 Å². The van der Waals surface area contributed by atoms with Crippen LogP contribution in [0, 0.1) is 12.8 Å². The third-order valence-electron chi connectivity index (χ3n) is 3.18. The number of hydrogen-bond donors (Lipinski definition) is 1. The van der Waals surface area contributed by atoms with E-state index in [4.69, 9.17) is 19.0 Å². The Kier molecular flexibility index (Phi) is 4.38. The number of aryl methyl sites for hydroxylation is 1. The fourth-order valence-corrected chi connectivity index (χ4v) is 2.02. The van der Waals surface area contributed by atoms with Gasteiger partial charge in [-0.25, -0.2) is 4.79 Å². The minimum atomic E-state index is -1.05. The van der Waals surface area contributed by atoms with Gasteiger partial charge in [-0.05, 0) is 31.7 Å². The standard InChI is InChI=1S/C13H18O5/c1-9-11(6-12(18-9)13(14)15)8-17-7-10-2-4-16-5-3-10/h6,10H,2-5,7-8H2,1H3,(H,14,15). The first-order chi connectivity index (χ1) is 8.66. The van der Waals surface area contributed by atoms with Crippen LogP contribution in [0.5, 0.6) is 0 Å². The fourth-order valence-electron chi connectivity index (χ4n) is 2.02. The van der Waals surface area contributed by atoms with Crippen molar-refractivity contribution in [3.63, 3.8) is 0 Å². The molecule has 1 fully saturated rings. The second-order valence-electron chi connectivity index (χ2n) is 4.57. The quantitative estimate of drug-likeness (QED) is 0.872. The predicted octanol–water partition coefficient (Wildman–Crippen LogP) is 2.23. The molecule has 0 aliphatic carbocycles. The van der Waals surface area contributed by atoms with Crippen LogP contribution in [0.15, 0.2) is 10.5 Å². The van der Waals surface area contributed by atoms with Crippen LogP contribution in [0.3, 0.4) is 0 Å². The van der Waals surface area contributed by atoms with E-state index >= 15 is 0 Å². The van der Waals surface area contributed by atoms with Gasteiger partial charge in [0, 0.05) is 18.8 Å². The number of carbonyl (C=O) groups is 1. The van der Waals surface area contributed by atoms with Crippen molar-refractivity contribution in [2.24, 2.45) is 5.92 Å². The Labute approximate surface area is 106 Å². The minimum Gasteiger partial charge on any atom is -0.475 e. The number of hydrogen-bond acceptors (Lipinski definition) is 4. The molecule has 0 unspecified atom stereocenters. The lowest BCUT2D eigenvalue weighted by atomic mass is 10.0. The Bertz CT molecular complexity index is 404. The first-order valence-electron chi connectivity index (χ1n) is 6.15. The molecule has 1 aromatic rings. The monoisotopic (exact) mass is 254 g/mol. The second kappa shape index (κ2) is 6.02. The van der Waals surface area contributed by atoms with Gasteiger partial charge in [0.25, 0.3) is 0 Å². The Morgan fingerprint density at radius 2 is 2.22 bits per heavy atom. The maximum absolute atomic E-state index is 10.7. The van der Waals surface area contributed by atoms with Crippen LogP contribution >= 0.6 is 0 Å². The van der Waals surface area contributed by atoms with E-state index in [1.807, 2.05) is 0 Å². The van der Waals surface area contributed by atoms with Crippen molar-refractivity contribution in [2.75, 3.05) is 19.8 Å². The summed E-state index contributed by atoms with van der Waals surface area (Å²) in [6.45, 7) is 4.46. The van der Waals surface area contributed by atoms with E-state index in [1.54, 1.807) is 6.92 Å². The molecule has 2 heterocycles. The summed E-state index contributed by atoms with van der Waals surface area (Å²) < 4.78 is 16.0. The van der Waals surface area contributed by atoms with Gasteiger partial charge < -0.3 is 19.0 Å². The van der Waals surface area contributed by atoms with Gasteiger partial charge in [0.2, 0.25) is 5.76 Å². The van der Waals surface area contributed by atoms with E-state index < -0.39 is 5.97 Å². The molecule has 1 aromatic heterocycles. The molecular weight excluding hydrogens is 236 g/mol. The molecule has 1 saturated heterocycles. The van der Waals surface area contributed by atoms with E-state index in [-0.39, 0.29) is 5.76 Å². The number of carboxylic acids is 1. The van der Waals surface area contributed by atoms with E-state index in [2.05, 4.69) is 0 Å². The van der Waals surface area contributed by atoms with E-state index in [0.717, 1.165) is 31.6 Å². The van der Waals surface area contributed by atoms with E-state index in [1.165, 1.54) is 6.07 Å². The Balaban J connectivity index is 1.80. The van der Waals surface area contributed by atoms with E-state index in [0.29, 0.717) is 24.9 Å². The first-order valence-corrected chi connectivity index (χ1v) is 6.15. The Morgan fingerprint density at radius 1 is 1.50 bits per heavy atom. The van der Waals surface area contributed by atoms with Crippen molar-refractivity contribution >= 4 is 5.97 Å². The highest BCUT2D eigenvalue weighted by Crippen LogP contribution is 2.18. The SMILES string of the molecule is Cc1oc(C(=O)O)cc1COCC1CCOCC1. The Hall–Kier alpha value is -1.33. The number of rotatable bonds is 5. The summed E-state index contributed by atoms with van der Waals surface area (Å²) in [6, 6.07) is 1.53. The van der Waals surface area contributed by atoms with Crippen LogP contribution in [0.2, 0.25) is 0 Å². The van der Waals surface area contributed by atoms with Crippen LogP contribution in [0.1, 0.15) is 34.7 Å². The van der Waals surface area contributed by atoms with Crippen molar-refractivity contribution in [1.29, 1.82) is 0 Å². The molecule has 0 radical (unpaired) electrons. The molecule has 0 spiro atoms. The molecule has 2 rings (SSSR count). The number of furan rings is 1. The number of carboxylic acid groups (broad SMARTS) is 1. The van der Waals surface area contributed by atoms with Gasteiger partial charge in [0.1, 0.15) is 5.76 Å². The third kappa shape index (κ3) is 3.34. The molecule has 0 bridgehead atoms. The van der Waals surface area contributed by atoms with Gasteiger partial charge in [0.05, 0.1) is 13.2 Å². The molecule has 0 saturated carbocycles. The summed E-state index contributed by atoms with van der Waals surface area (Å²) in [6.07, 6.45) is 2.06. The molecular formula is C13H18O5. The molecule has 1 aliphatic heterocycles. The molecule has 100 valence electrons. The van der Waals surface area contributed by atoms with E-state index in [9.17, 15) is 4.79 Å². The smallest absolute Gasteiger partial charge is 0.371 e. The summed E-state index contributed by atoms with van der Waals surface area (Å²) >= 11 is 0. The number of aromatic carboxylic acids is 1. The van der Waals surface area contributed by atoms with Crippen LogP contribution in [0.25, 0.3) is 0 Å². The molecule has 1 aliphatic rings. The van der Waals surface area contributed by atoms with Crippen molar-refractivity contribution in [1.82, 2.24) is 0 Å². The lowest BCUT2D eigenvalue weighted by Crippen LogP contribution is -2.20. The minimum absolute atomic E-state index is 0.0304. The normalized spacial score (nSPS) is 16.9. The van der Waals surface area contributed by atoms with Gasteiger partial charge in [-0.2, -0.15) is 0 Å². The van der Waals surface area contributed by atoms with Crippen molar-refractivity contribution in [3.8, 4) is 0 Å². The zero-order chi connectivity index (χ0) is 13.0. The summed E-state index contributed by atoms with van der Waals surface area (Å²) in [5.41, 5.74) is 0.805. The van der Waals surface area contributed by atoms with Crippen molar-refractivity contribution in [3.05, 3.63) is 23.2 Å². The maximum atomic E-state index is 10.7. The largest absolute Gasteiger partial charge is 0.475 e. The van der Waals surface area contributed by atoms with Crippen LogP contribution in [-0.2, 0) is 16.1 Å². The average Bonchev–Trinajstić information content (AvgIpc) is 2.73. The van der Waals surface area contributed by atoms with Gasteiger partial charge in [-0.15, -0.1) is 0 Å². The first kappa shape index (κ1) is 13.1. The van der Waals surface area contributed by atoms with Crippen LogP contribution in [-0.4, -0.2) is 30.9 Å². The summed E-state index contributed by atoms with van der Waals surface area (Å²) in [4.78, 5) is 10.7. The predicted molar refractivity (Wildman–Crippen MR) is 63.6 cm³/mol. The summed E-state index contributed by atoms with van der Waals surface area (Å²) in [7, 11) is 0. The molecule has 0 amide bonds. The van der Waals surface area contributed by atoms with Crippen LogP contribution < -0.4 is 0 Å². The molecule has 1 N–H and O–H groups in total. The molecule has 5 heteroatoms. The average molecular weight is 254 g/mol. The summed E-state index contributed by atoms with van der Waals surface area (Å²) in [5, 5.41) is 8.80. The second-order valence-corrected chi connectivity index (χ2v) is 4.57. The highest BCUT2D eigenvalue weighted by atomic mass is 16.5. The zero-order valence-corrected chi connectivity index (χ0v) is 10.5. The third-order valence-corrected chi connectivity index (χ3v) is 3.18. The van der Waals surface area contributed by atoms with Gasteiger partial charge in [0.15, 0.2) is 0 Å². The molecule has 0 aromatic carbocycles. The lowest BCUT2D eigenvalue weighted by molar-refractivity contribution is 0.0155. The van der Waals surface area contributed by atoms with Crippen molar-refractivity contribution < 1.29 is 23.8 Å². The Morgan fingerprint density at radius 3 is 2.83 bits per heavy atom. The lowest BCUT2D eigenvalue weighted by Gasteiger charge is -2.21. The van der Waals surface area contributed by atoms with Gasteiger partial charge >= 0.3 is 5.97 Å². The maximum Gasteiger partial charge on any atom is 0.371 e. The zero-order valence-electron chi connectivity index (χ0n) is 10.5. The number of ether oxygens (including phenoxy) is 2. The molecule has 5 nitrogen and oxygen atoms in total. The molecule has 0 atom stereocenters. The highest BCUT2D eigenvalue weighted by molar-refractivity contribution is 5.84. The van der Waals surface area contributed by atoms with Gasteiger partial charge in [-0.1, -0.05) is 0 Å². The fraction of sp³-hybridized carbons (Fsp3) is 0.615.